The van der Waals surface area contributed by atoms with Crippen molar-refractivity contribution in [1.82, 2.24) is 4.90 Å². The smallest absolute Gasteiger partial charge is 0.325 e. The van der Waals surface area contributed by atoms with E-state index in [-0.39, 0.29) is 13.0 Å². The maximum absolute atomic E-state index is 12.7. The lowest BCUT2D eigenvalue weighted by molar-refractivity contribution is -0.130. The summed E-state index contributed by atoms with van der Waals surface area (Å²) in [5, 5.41) is 11.4. The third kappa shape index (κ3) is 3.86. The van der Waals surface area contributed by atoms with Gasteiger partial charge < -0.3 is 5.32 Å². The number of rotatable bonds is 5. The van der Waals surface area contributed by atoms with Crippen LogP contribution in [-0.2, 0) is 16.0 Å². The molecule has 1 saturated heterocycles. The number of urea groups is 1. The van der Waals surface area contributed by atoms with E-state index in [4.69, 9.17) is 5.26 Å². The fourth-order valence-corrected chi connectivity index (χ4v) is 3.05. The van der Waals surface area contributed by atoms with Crippen molar-refractivity contribution in [2.75, 3.05) is 16.8 Å². The molecule has 142 valence electrons. The van der Waals surface area contributed by atoms with Crippen LogP contribution < -0.4 is 10.2 Å². The highest BCUT2D eigenvalue weighted by Gasteiger charge is 2.43. The summed E-state index contributed by atoms with van der Waals surface area (Å²) < 4.78 is 0. The van der Waals surface area contributed by atoms with Gasteiger partial charge >= 0.3 is 6.03 Å². The van der Waals surface area contributed by atoms with E-state index in [0.717, 1.165) is 16.0 Å². The van der Waals surface area contributed by atoms with Gasteiger partial charge in [-0.25, -0.2) is 4.79 Å². The molecule has 1 N–H and O–H groups in total. The minimum absolute atomic E-state index is 0.289. The third-order valence-electron chi connectivity index (χ3n) is 4.58. The second-order valence-electron chi connectivity index (χ2n) is 6.67. The average molecular weight is 376 g/mol. The number of carbonyl (C=O) groups is 3. The number of amides is 4. The van der Waals surface area contributed by atoms with Gasteiger partial charge in [0.1, 0.15) is 12.6 Å². The Morgan fingerprint density at radius 2 is 1.75 bits per heavy atom. The molecule has 1 fully saturated rings. The molecule has 0 saturated carbocycles. The molecule has 1 aliphatic heterocycles. The normalized spacial score (nSPS) is 16.2. The molecule has 0 unspecified atom stereocenters. The molecule has 7 nitrogen and oxygen atoms in total. The molecule has 1 heterocycles. The maximum atomic E-state index is 12.7. The number of imide groups is 1. The molecule has 0 bridgehead atoms. The van der Waals surface area contributed by atoms with E-state index in [1.165, 1.54) is 4.90 Å². The van der Waals surface area contributed by atoms with Crippen LogP contribution in [0, 0.1) is 18.3 Å². The standard InChI is InChI=1S/C21H20N4O3/c1-14-3-9-18(10-4-14)25-15(2)20(27)24(21(25)28)13-19(26)23-17-7-5-16(6-8-17)11-12-22/h3-10,15H,11,13H2,1-2H3,(H,23,26)/t15-/m0/s1. The van der Waals surface area contributed by atoms with Crippen molar-refractivity contribution < 1.29 is 14.4 Å². The van der Waals surface area contributed by atoms with Gasteiger partial charge in [-0.05, 0) is 43.7 Å². The van der Waals surface area contributed by atoms with Gasteiger partial charge in [0, 0.05) is 11.4 Å². The quantitative estimate of drug-likeness (QED) is 0.812. The Kier molecular flexibility index (Phi) is 5.41. The molecule has 4 amide bonds. The second-order valence-corrected chi connectivity index (χ2v) is 6.67. The fraction of sp³-hybridized carbons (Fsp3) is 0.238. The number of nitriles is 1. The van der Waals surface area contributed by atoms with Crippen LogP contribution in [0.25, 0.3) is 0 Å². The van der Waals surface area contributed by atoms with Crippen molar-refractivity contribution in [2.24, 2.45) is 0 Å². The number of hydrogen-bond acceptors (Lipinski definition) is 4. The lowest BCUT2D eigenvalue weighted by atomic mass is 10.1. The molecular weight excluding hydrogens is 356 g/mol. The van der Waals surface area contributed by atoms with Crippen LogP contribution in [0.3, 0.4) is 0 Å². The van der Waals surface area contributed by atoms with Crippen LogP contribution >= 0.6 is 0 Å². The second kappa shape index (κ2) is 7.92. The first-order valence-corrected chi connectivity index (χ1v) is 8.87. The lowest BCUT2D eigenvalue weighted by Crippen LogP contribution is -2.39. The van der Waals surface area contributed by atoms with Gasteiger partial charge in [0.05, 0.1) is 12.5 Å². The predicted octanol–water partition coefficient (Wildman–Crippen LogP) is 2.86. The molecule has 0 spiro atoms. The minimum atomic E-state index is -0.673. The van der Waals surface area contributed by atoms with E-state index in [0.29, 0.717) is 11.4 Å². The highest BCUT2D eigenvalue weighted by Crippen LogP contribution is 2.26. The summed E-state index contributed by atoms with van der Waals surface area (Å²) in [6.45, 7) is 3.23. The third-order valence-corrected chi connectivity index (χ3v) is 4.58. The van der Waals surface area contributed by atoms with Crippen molar-refractivity contribution in [3.63, 3.8) is 0 Å². The van der Waals surface area contributed by atoms with Crippen LogP contribution in [0.4, 0.5) is 16.2 Å². The molecule has 0 radical (unpaired) electrons. The molecule has 0 aromatic heterocycles. The molecular formula is C21H20N4O3. The zero-order valence-corrected chi connectivity index (χ0v) is 15.7. The SMILES string of the molecule is Cc1ccc(N2C(=O)N(CC(=O)Nc3ccc(CC#N)cc3)C(=O)[C@@H]2C)cc1. The molecule has 1 aliphatic rings. The van der Waals surface area contributed by atoms with E-state index in [1.807, 2.05) is 19.1 Å². The Bertz CT molecular complexity index is 945. The van der Waals surface area contributed by atoms with E-state index < -0.39 is 23.9 Å². The van der Waals surface area contributed by atoms with E-state index in [1.54, 1.807) is 43.3 Å². The highest BCUT2D eigenvalue weighted by molar-refractivity contribution is 6.16. The number of anilines is 2. The van der Waals surface area contributed by atoms with Gasteiger partial charge in [-0.1, -0.05) is 29.8 Å². The van der Waals surface area contributed by atoms with Crippen molar-refractivity contribution in [1.29, 1.82) is 5.26 Å². The van der Waals surface area contributed by atoms with Gasteiger partial charge in [-0.3, -0.25) is 19.4 Å². The Balaban J connectivity index is 1.68. The van der Waals surface area contributed by atoms with Crippen molar-refractivity contribution in [3.8, 4) is 6.07 Å². The molecule has 2 aromatic carbocycles. The van der Waals surface area contributed by atoms with Crippen molar-refractivity contribution >= 4 is 29.2 Å². The molecule has 28 heavy (non-hydrogen) atoms. The number of nitrogens with one attached hydrogen (secondary N) is 1. The van der Waals surface area contributed by atoms with Gasteiger partial charge in [-0.2, -0.15) is 5.26 Å². The van der Waals surface area contributed by atoms with Crippen LogP contribution in [-0.4, -0.2) is 35.3 Å². The fourth-order valence-electron chi connectivity index (χ4n) is 3.05. The number of nitrogens with zero attached hydrogens (tertiary/aromatic N) is 3. The van der Waals surface area contributed by atoms with E-state index >= 15 is 0 Å². The molecule has 1 atom stereocenters. The van der Waals surface area contributed by atoms with Crippen LogP contribution in [0.1, 0.15) is 18.1 Å². The van der Waals surface area contributed by atoms with Gasteiger partial charge in [-0.15, -0.1) is 0 Å². The summed E-state index contributed by atoms with van der Waals surface area (Å²) in [5.74, 6) is -0.877. The summed E-state index contributed by atoms with van der Waals surface area (Å²) in [4.78, 5) is 40.0. The molecule has 2 aromatic rings. The zero-order chi connectivity index (χ0) is 20.3. The van der Waals surface area contributed by atoms with Crippen molar-refractivity contribution in [3.05, 3.63) is 59.7 Å². The summed E-state index contributed by atoms with van der Waals surface area (Å²) in [7, 11) is 0. The van der Waals surface area contributed by atoms with Crippen LogP contribution in [0.2, 0.25) is 0 Å². The summed E-state index contributed by atoms with van der Waals surface area (Å²) in [6.07, 6.45) is 0.289. The lowest BCUT2D eigenvalue weighted by Gasteiger charge is -2.19. The maximum Gasteiger partial charge on any atom is 0.332 e. The minimum Gasteiger partial charge on any atom is -0.325 e. The van der Waals surface area contributed by atoms with Crippen molar-refractivity contribution in [2.45, 2.75) is 26.3 Å². The summed E-state index contributed by atoms with van der Waals surface area (Å²) >= 11 is 0. The Labute approximate surface area is 163 Å². The zero-order valence-electron chi connectivity index (χ0n) is 15.7. The number of benzene rings is 2. The van der Waals surface area contributed by atoms with E-state index in [9.17, 15) is 14.4 Å². The number of aryl methyl sites for hydroxylation is 1. The van der Waals surface area contributed by atoms with E-state index in [2.05, 4.69) is 11.4 Å². The van der Waals surface area contributed by atoms with Crippen LogP contribution in [0.15, 0.2) is 48.5 Å². The predicted molar refractivity (Wildman–Crippen MR) is 105 cm³/mol. The number of carbonyl (C=O) groups excluding carboxylic acids is 3. The Morgan fingerprint density at radius 1 is 1.11 bits per heavy atom. The summed E-state index contributed by atoms with van der Waals surface area (Å²) in [5.41, 5.74) is 3.04. The molecule has 7 heteroatoms. The molecule has 0 aliphatic carbocycles. The highest BCUT2D eigenvalue weighted by atomic mass is 16.2. The topological polar surface area (TPSA) is 93.5 Å². The first-order chi connectivity index (χ1) is 13.4. The van der Waals surface area contributed by atoms with Gasteiger partial charge in [0.25, 0.3) is 5.91 Å². The summed E-state index contributed by atoms with van der Waals surface area (Å²) in [6, 6.07) is 15.0. The Hall–Kier alpha value is -3.66. The largest absolute Gasteiger partial charge is 0.332 e. The first-order valence-electron chi connectivity index (χ1n) is 8.87. The monoisotopic (exact) mass is 376 g/mol. The van der Waals surface area contributed by atoms with Gasteiger partial charge in [0.2, 0.25) is 5.91 Å². The average Bonchev–Trinajstić information content (AvgIpc) is 2.88. The Morgan fingerprint density at radius 3 is 2.36 bits per heavy atom. The van der Waals surface area contributed by atoms with Crippen LogP contribution in [0.5, 0.6) is 0 Å². The number of hydrogen-bond donors (Lipinski definition) is 1. The van der Waals surface area contributed by atoms with Gasteiger partial charge in [0.15, 0.2) is 0 Å². The molecule has 3 rings (SSSR count). The first kappa shape index (κ1) is 19.1.